The van der Waals surface area contributed by atoms with Crippen molar-refractivity contribution in [2.45, 2.75) is 64.0 Å². The Labute approximate surface area is 182 Å². The van der Waals surface area contributed by atoms with Gasteiger partial charge in [0.1, 0.15) is 0 Å². The number of hydrogen-bond donors (Lipinski definition) is 2. The molecule has 2 saturated heterocycles. The molecule has 0 aromatic heterocycles. The molecule has 166 valence electrons. The van der Waals surface area contributed by atoms with Gasteiger partial charge in [-0.2, -0.15) is 0 Å². The van der Waals surface area contributed by atoms with Gasteiger partial charge in [0.25, 0.3) is 0 Å². The van der Waals surface area contributed by atoms with Crippen molar-refractivity contribution in [1.29, 1.82) is 0 Å². The van der Waals surface area contributed by atoms with Crippen LogP contribution in [0.15, 0.2) is 35.3 Å². The normalized spacial score (nSPS) is 27.5. The highest BCUT2D eigenvalue weighted by molar-refractivity contribution is 5.80. The lowest BCUT2D eigenvalue weighted by atomic mass is 9.82. The molecule has 5 heteroatoms. The van der Waals surface area contributed by atoms with Crippen molar-refractivity contribution in [2.24, 2.45) is 16.8 Å². The Kier molecular flexibility index (Phi) is 7.32. The average molecular weight is 413 g/mol. The standard InChI is InChI=1S/C25H40N4O/c1-3-26-24(29-17-22-11-7-8-12-23(22)18-29)27-19-25(13-15-30-16-14-25)28-20(2)21-9-5-4-6-10-21/h4-6,9-10,20,22-23,28H,3,7-8,11-19H2,1-2H3,(H,26,27). The second kappa shape index (κ2) is 10.1. The van der Waals surface area contributed by atoms with E-state index in [9.17, 15) is 0 Å². The summed E-state index contributed by atoms with van der Waals surface area (Å²) in [6.07, 6.45) is 7.65. The van der Waals surface area contributed by atoms with E-state index >= 15 is 0 Å². The lowest BCUT2D eigenvalue weighted by molar-refractivity contribution is 0.0373. The number of fused-ring (bicyclic) bond motifs is 1. The van der Waals surface area contributed by atoms with Crippen LogP contribution in [-0.2, 0) is 4.74 Å². The smallest absolute Gasteiger partial charge is 0.193 e. The molecule has 2 N–H and O–H groups in total. The molecule has 1 aromatic rings. The van der Waals surface area contributed by atoms with Crippen molar-refractivity contribution < 1.29 is 4.74 Å². The maximum absolute atomic E-state index is 5.72. The van der Waals surface area contributed by atoms with E-state index < -0.39 is 0 Å². The molecule has 3 unspecified atom stereocenters. The van der Waals surface area contributed by atoms with Crippen molar-refractivity contribution in [1.82, 2.24) is 15.5 Å². The third kappa shape index (κ3) is 5.17. The Morgan fingerprint density at radius 3 is 2.43 bits per heavy atom. The van der Waals surface area contributed by atoms with Gasteiger partial charge in [-0.15, -0.1) is 0 Å². The molecule has 1 aliphatic carbocycles. The van der Waals surface area contributed by atoms with Gasteiger partial charge in [-0.05, 0) is 56.9 Å². The molecule has 4 rings (SSSR count). The molecule has 1 saturated carbocycles. The zero-order chi connectivity index (χ0) is 20.8. The van der Waals surface area contributed by atoms with Crippen LogP contribution in [0.1, 0.15) is 64.0 Å². The fourth-order valence-corrected chi connectivity index (χ4v) is 5.63. The molecular weight excluding hydrogens is 372 g/mol. The molecule has 0 amide bonds. The van der Waals surface area contributed by atoms with Gasteiger partial charge in [-0.1, -0.05) is 43.2 Å². The molecule has 2 aliphatic heterocycles. The first kappa shape index (κ1) is 21.6. The summed E-state index contributed by atoms with van der Waals surface area (Å²) in [4.78, 5) is 7.75. The highest BCUT2D eigenvalue weighted by atomic mass is 16.5. The second-order valence-electron chi connectivity index (χ2n) is 9.55. The van der Waals surface area contributed by atoms with Gasteiger partial charge in [0.15, 0.2) is 5.96 Å². The maximum Gasteiger partial charge on any atom is 0.193 e. The molecule has 30 heavy (non-hydrogen) atoms. The van der Waals surface area contributed by atoms with Gasteiger partial charge in [0.2, 0.25) is 0 Å². The molecule has 3 atom stereocenters. The Morgan fingerprint density at radius 2 is 1.80 bits per heavy atom. The van der Waals surface area contributed by atoms with Gasteiger partial charge in [-0.25, -0.2) is 0 Å². The van der Waals surface area contributed by atoms with Crippen LogP contribution in [-0.4, -0.2) is 55.8 Å². The van der Waals surface area contributed by atoms with Gasteiger partial charge >= 0.3 is 0 Å². The molecule has 2 heterocycles. The molecule has 0 spiro atoms. The Morgan fingerprint density at radius 1 is 1.13 bits per heavy atom. The van der Waals surface area contributed by atoms with Crippen LogP contribution in [0, 0.1) is 11.8 Å². The average Bonchev–Trinajstić information content (AvgIpc) is 3.22. The van der Waals surface area contributed by atoms with E-state index in [0.29, 0.717) is 6.04 Å². The molecule has 5 nitrogen and oxygen atoms in total. The zero-order valence-corrected chi connectivity index (χ0v) is 18.9. The summed E-state index contributed by atoms with van der Waals surface area (Å²) in [5.41, 5.74) is 1.34. The lowest BCUT2D eigenvalue weighted by Gasteiger charge is -2.40. The minimum atomic E-state index is 0.000658. The van der Waals surface area contributed by atoms with Crippen molar-refractivity contribution in [3.63, 3.8) is 0 Å². The lowest BCUT2D eigenvalue weighted by Crippen LogP contribution is -2.53. The number of guanidine groups is 1. The molecule has 3 fully saturated rings. The monoisotopic (exact) mass is 412 g/mol. The first-order valence-corrected chi connectivity index (χ1v) is 12.1. The summed E-state index contributed by atoms with van der Waals surface area (Å²) in [7, 11) is 0. The van der Waals surface area contributed by atoms with Gasteiger partial charge in [0.05, 0.1) is 6.54 Å². The molecule has 3 aliphatic rings. The number of nitrogens with zero attached hydrogens (tertiary/aromatic N) is 2. The number of benzene rings is 1. The van der Waals surface area contributed by atoms with Gasteiger partial charge in [0, 0.05) is 44.4 Å². The van der Waals surface area contributed by atoms with Crippen molar-refractivity contribution in [3.8, 4) is 0 Å². The Balaban J connectivity index is 1.47. The quantitative estimate of drug-likeness (QED) is 0.548. The van der Waals surface area contributed by atoms with E-state index in [2.05, 4.69) is 59.7 Å². The first-order valence-electron chi connectivity index (χ1n) is 12.1. The Hall–Kier alpha value is -1.59. The highest BCUT2D eigenvalue weighted by Gasteiger charge is 2.37. The maximum atomic E-state index is 5.72. The van der Waals surface area contributed by atoms with Crippen molar-refractivity contribution in [3.05, 3.63) is 35.9 Å². The summed E-state index contributed by atoms with van der Waals surface area (Å²) < 4.78 is 5.72. The molecule has 0 radical (unpaired) electrons. The molecular formula is C25H40N4O. The topological polar surface area (TPSA) is 48.9 Å². The van der Waals surface area contributed by atoms with Crippen LogP contribution in [0.25, 0.3) is 0 Å². The van der Waals surface area contributed by atoms with Crippen molar-refractivity contribution in [2.75, 3.05) is 39.4 Å². The summed E-state index contributed by atoms with van der Waals surface area (Å²) in [6.45, 7) is 10.2. The largest absolute Gasteiger partial charge is 0.381 e. The number of aliphatic imine (C=N–C) groups is 1. The van der Waals surface area contributed by atoms with Crippen molar-refractivity contribution >= 4 is 5.96 Å². The van der Waals surface area contributed by atoms with E-state index in [1.54, 1.807) is 0 Å². The minimum absolute atomic E-state index is 0.000658. The van der Waals surface area contributed by atoms with Crippen LogP contribution in [0.4, 0.5) is 0 Å². The van der Waals surface area contributed by atoms with E-state index in [1.807, 2.05) is 0 Å². The summed E-state index contributed by atoms with van der Waals surface area (Å²) >= 11 is 0. The summed E-state index contributed by atoms with van der Waals surface area (Å²) in [5.74, 6) is 2.86. The van der Waals surface area contributed by atoms with Crippen LogP contribution >= 0.6 is 0 Å². The van der Waals surface area contributed by atoms with Crippen LogP contribution in [0.3, 0.4) is 0 Å². The minimum Gasteiger partial charge on any atom is -0.381 e. The number of rotatable bonds is 6. The number of likely N-dealkylation sites (tertiary alicyclic amines) is 1. The number of hydrogen-bond acceptors (Lipinski definition) is 3. The van der Waals surface area contributed by atoms with Crippen LogP contribution in [0.5, 0.6) is 0 Å². The number of nitrogens with one attached hydrogen (secondary N) is 2. The predicted octanol–water partition coefficient (Wildman–Crippen LogP) is 3.97. The zero-order valence-electron chi connectivity index (χ0n) is 18.9. The number of ether oxygens (including phenoxy) is 1. The second-order valence-corrected chi connectivity index (χ2v) is 9.55. The summed E-state index contributed by atoms with van der Waals surface area (Å²) in [5, 5.41) is 7.55. The van der Waals surface area contributed by atoms with E-state index in [0.717, 1.165) is 56.9 Å². The summed E-state index contributed by atoms with van der Waals surface area (Å²) in [6, 6.07) is 11.1. The highest BCUT2D eigenvalue weighted by Crippen LogP contribution is 2.36. The van der Waals surface area contributed by atoms with Crippen LogP contribution in [0.2, 0.25) is 0 Å². The Bertz CT molecular complexity index is 672. The first-order chi connectivity index (χ1) is 14.7. The third-order valence-corrected chi connectivity index (χ3v) is 7.41. The fraction of sp³-hybridized carbons (Fsp3) is 0.720. The van der Waals surface area contributed by atoms with E-state index in [4.69, 9.17) is 9.73 Å². The SMILES string of the molecule is CCNC(=NCC1(NC(C)c2ccccc2)CCOCC1)N1CC2CCCCC2C1. The van der Waals surface area contributed by atoms with Gasteiger partial charge < -0.3 is 20.3 Å². The van der Waals surface area contributed by atoms with Crippen LogP contribution < -0.4 is 10.6 Å². The van der Waals surface area contributed by atoms with E-state index in [1.165, 1.54) is 44.3 Å². The fourth-order valence-electron chi connectivity index (χ4n) is 5.63. The third-order valence-electron chi connectivity index (χ3n) is 7.41. The predicted molar refractivity (Wildman–Crippen MR) is 124 cm³/mol. The van der Waals surface area contributed by atoms with Gasteiger partial charge in [-0.3, -0.25) is 4.99 Å². The molecule has 0 bridgehead atoms. The van der Waals surface area contributed by atoms with E-state index in [-0.39, 0.29) is 5.54 Å². The molecule has 1 aromatic carbocycles.